The monoisotopic (exact) mass is 583 g/mol. The van der Waals surface area contributed by atoms with E-state index in [1.54, 1.807) is 17.3 Å². The Kier molecular flexibility index (Phi) is 10.0. The SMILES string of the molecule is CC(C)(C)OC(=O)N1CCc2nc(N3CCN(CCOCCN4CCN(c5ncc(CO)cn5)CC4)CC3)ncc2C1. The summed E-state index contributed by atoms with van der Waals surface area (Å²) in [5, 5.41) is 9.16. The van der Waals surface area contributed by atoms with Gasteiger partial charge in [0.05, 0.1) is 32.1 Å². The zero-order valence-electron chi connectivity index (χ0n) is 25.2. The number of nitrogens with zero attached hydrogens (tertiary/aromatic N) is 9. The molecule has 2 saturated heterocycles. The number of piperazine rings is 2. The van der Waals surface area contributed by atoms with Gasteiger partial charge in [-0.15, -0.1) is 0 Å². The van der Waals surface area contributed by atoms with Crippen LogP contribution in [0.3, 0.4) is 0 Å². The Labute approximate surface area is 248 Å². The summed E-state index contributed by atoms with van der Waals surface area (Å²) in [7, 11) is 0. The van der Waals surface area contributed by atoms with Gasteiger partial charge in [-0.1, -0.05) is 0 Å². The third kappa shape index (κ3) is 8.24. The van der Waals surface area contributed by atoms with E-state index < -0.39 is 5.60 Å². The van der Waals surface area contributed by atoms with Crippen LogP contribution in [0.5, 0.6) is 0 Å². The van der Waals surface area contributed by atoms with Crippen molar-refractivity contribution < 1.29 is 19.4 Å². The van der Waals surface area contributed by atoms with E-state index in [1.165, 1.54) is 0 Å². The molecule has 42 heavy (non-hydrogen) atoms. The highest BCUT2D eigenvalue weighted by Gasteiger charge is 2.28. The smallest absolute Gasteiger partial charge is 0.410 e. The Bertz CT molecular complexity index is 1160. The van der Waals surface area contributed by atoms with Crippen molar-refractivity contribution in [3.8, 4) is 0 Å². The topological polar surface area (TPSA) is 124 Å². The average Bonchev–Trinajstić information content (AvgIpc) is 3.00. The zero-order chi connectivity index (χ0) is 29.5. The minimum absolute atomic E-state index is 0.0333. The first kappa shape index (κ1) is 30.3. The fourth-order valence-electron chi connectivity index (χ4n) is 5.37. The lowest BCUT2D eigenvalue weighted by molar-refractivity contribution is 0.0222. The summed E-state index contributed by atoms with van der Waals surface area (Å²) in [6.07, 6.45) is 5.68. The molecule has 0 bridgehead atoms. The van der Waals surface area contributed by atoms with Gasteiger partial charge in [0.1, 0.15) is 5.60 Å². The van der Waals surface area contributed by atoms with E-state index in [0.717, 1.165) is 107 Å². The van der Waals surface area contributed by atoms with Gasteiger partial charge in [0.25, 0.3) is 0 Å². The normalized spacial score (nSPS) is 18.7. The van der Waals surface area contributed by atoms with Gasteiger partial charge in [-0.05, 0) is 20.8 Å². The third-order valence-corrected chi connectivity index (χ3v) is 7.86. The van der Waals surface area contributed by atoms with Crippen LogP contribution >= 0.6 is 0 Å². The highest BCUT2D eigenvalue weighted by molar-refractivity contribution is 5.68. The summed E-state index contributed by atoms with van der Waals surface area (Å²) < 4.78 is 11.5. The fourth-order valence-corrected chi connectivity index (χ4v) is 5.37. The van der Waals surface area contributed by atoms with Crippen molar-refractivity contribution in [1.29, 1.82) is 0 Å². The van der Waals surface area contributed by atoms with Crippen LogP contribution < -0.4 is 9.80 Å². The van der Waals surface area contributed by atoms with Crippen LogP contribution in [-0.2, 0) is 29.0 Å². The lowest BCUT2D eigenvalue weighted by Gasteiger charge is -2.36. The van der Waals surface area contributed by atoms with Crippen molar-refractivity contribution in [3.05, 3.63) is 35.4 Å². The molecule has 0 spiro atoms. The summed E-state index contributed by atoms with van der Waals surface area (Å²) in [4.78, 5) is 41.7. The molecule has 0 atom stereocenters. The number of carbonyl (C=O) groups excluding carboxylic acids is 1. The number of amides is 1. The van der Waals surface area contributed by atoms with E-state index in [0.29, 0.717) is 19.5 Å². The van der Waals surface area contributed by atoms with Gasteiger partial charge in [0.2, 0.25) is 11.9 Å². The number of carbonyl (C=O) groups is 1. The summed E-state index contributed by atoms with van der Waals surface area (Å²) in [6, 6.07) is 0. The molecule has 3 aliphatic heterocycles. The standard InChI is InChI=1S/C29H45N9O4/c1-29(2,3)42-28(40)38-5-4-25-24(21-38)20-32-27(33-25)37-12-8-35(9-13-37)15-17-41-16-14-34-6-10-36(11-7-34)26-30-18-23(22-39)19-31-26/h18-20,39H,4-17,21-22H2,1-3H3. The number of anilines is 2. The number of fused-ring (bicyclic) bond motifs is 1. The van der Waals surface area contributed by atoms with Gasteiger partial charge in [0.15, 0.2) is 0 Å². The molecular weight excluding hydrogens is 538 g/mol. The minimum Gasteiger partial charge on any atom is -0.444 e. The van der Waals surface area contributed by atoms with E-state index in [-0.39, 0.29) is 12.7 Å². The first-order chi connectivity index (χ1) is 20.3. The van der Waals surface area contributed by atoms with Crippen molar-refractivity contribution in [2.45, 2.75) is 45.9 Å². The highest BCUT2D eigenvalue weighted by atomic mass is 16.6. The maximum absolute atomic E-state index is 12.5. The van der Waals surface area contributed by atoms with Crippen molar-refractivity contribution in [2.75, 3.05) is 95.0 Å². The fraction of sp³-hybridized carbons (Fsp3) is 0.690. The maximum Gasteiger partial charge on any atom is 0.410 e. The molecule has 13 heteroatoms. The second-order valence-corrected chi connectivity index (χ2v) is 12.1. The second kappa shape index (κ2) is 13.9. The molecule has 1 N–H and O–H groups in total. The summed E-state index contributed by atoms with van der Waals surface area (Å²) >= 11 is 0. The first-order valence-electron chi connectivity index (χ1n) is 15.0. The van der Waals surface area contributed by atoms with Gasteiger partial charge in [-0.25, -0.2) is 24.7 Å². The molecule has 0 aliphatic carbocycles. The van der Waals surface area contributed by atoms with Crippen LogP contribution in [0.2, 0.25) is 0 Å². The van der Waals surface area contributed by atoms with E-state index >= 15 is 0 Å². The molecule has 1 amide bonds. The second-order valence-electron chi connectivity index (χ2n) is 12.1. The van der Waals surface area contributed by atoms with E-state index in [2.05, 4.69) is 34.6 Å². The van der Waals surface area contributed by atoms with E-state index in [9.17, 15) is 4.79 Å². The molecule has 2 fully saturated rings. The van der Waals surface area contributed by atoms with Crippen molar-refractivity contribution in [2.24, 2.45) is 0 Å². The van der Waals surface area contributed by atoms with Crippen molar-refractivity contribution in [1.82, 2.24) is 34.6 Å². The van der Waals surface area contributed by atoms with Crippen LogP contribution in [-0.4, -0.2) is 137 Å². The highest BCUT2D eigenvalue weighted by Crippen LogP contribution is 2.22. The quantitative estimate of drug-likeness (QED) is 0.424. The number of ether oxygens (including phenoxy) is 2. The number of rotatable bonds is 9. The molecule has 230 valence electrons. The summed E-state index contributed by atoms with van der Waals surface area (Å²) in [5.41, 5.74) is 2.25. The van der Waals surface area contributed by atoms with E-state index in [1.807, 2.05) is 27.0 Å². The van der Waals surface area contributed by atoms with Gasteiger partial charge >= 0.3 is 6.09 Å². The summed E-state index contributed by atoms with van der Waals surface area (Å²) in [5.74, 6) is 1.51. The number of aliphatic hydroxyl groups excluding tert-OH is 1. The van der Waals surface area contributed by atoms with Crippen molar-refractivity contribution in [3.63, 3.8) is 0 Å². The molecule has 0 saturated carbocycles. The molecule has 0 aromatic carbocycles. The van der Waals surface area contributed by atoms with Crippen LogP contribution in [0.1, 0.15) is 37.6 Å². The van der Waals surface area contributed by atoms with Gasteiger partial charge in [0, 0.05) is 108 Å². The Morgan fingerprint density at radius 3 is 1.98 bits per heavy atom. The lowest BCUT2D eigenvalue weighted by Crippen LogP contribution is -2.48. The molecule has 5 rings (SSSR count). The lowest BCUT2D eigenvalue weighted by atomic mass is 10.1. The molecule has 0 radical (unpaired) electrons. The average molecular weight is 584 g/mol. The number of aromatic nitrogens is 4. The molecule has 13 nitrogen and oxygen atoms in total. The van der Waals surface area contributed by atoms with Gasteiger partial charge in [-0.2, -0.15) is 0 Å². The maximum atomic E-state index is 12.5. The van der Waals surface area contributed by atoms with Crippen LogP contribution in [0.15, 0.2) is 18.6 Å². The zero-order valence-corrected chi connectivity index (χ0v) is 25.2. The molecule has 2 aromatic rings. The van der Waals surface area contributed by atoms with Crippen LogP contribution in [0, 0.1) is 0 Å². The van der Waals surface area contributed by atoms with Crippen molar-refractivity contribution >= 4 is 18.0 Å². The van der Waals surface area contributed by atoms with Crippen LogP contribution in [0.4, 0.5) is 16.7 Å². The summed E-state index contributed by atoms with van der Waals surface area (Å²) in [6.45, 7) is 17.4. The first-order valence-corrected chi connectivity index (χ1v) is 15.0. The Morgan fingerprint density at radius 2 is 1.40 bits per heavy atom. The Hall–Kier alpha value is -3.13. The molecule has 3 aliphatic rings. The number of hydrogen-bond acceptors (Lipinski definition) is 12. The van der Waals surface area contributed by atoms with Crippen LogP contribution in [0.25, 0.3) is 0 Å². The predicted molar refractivity (Wildman–Crippen MR) is 158 cm³/mol. The number of hydrogen-bond donors (Lipinski definition) is 1. The predicted octanol–water partition coefficient (Wildman–Crippen LogP) is 1.01. The van der Waals surface area contributed by atoms with Gasteiger partial charge < -0.3 is 29.3 Å². The largest absolute Gasteiger partial charge is 0.444 e. The Balaban J connectivity index is 0.956. The number of aliphatic hydroxyl groups is 1. The van der Waals surface area contributed by atoms with Gasteiger partial charge in [-0.3, -0.25) is 9.80 Å². The Morgan fingerprint density at radius 1 is 0.833 bits per heavy atom. The molecule has 0 unspecified atom stereocenters. The molecule has 2 aromatic heterocycles. The van der Waals surface area contributed by atoms with E-state index in [4.69, 9.17) is 19.6 Å². The minimum atomic E-state index is -0.504. The third-order valence-electron chi connectivity index (χ3n) is 7.86. The molecule has 5 heterocycles. The molecular formula is C29H45N9O4.